The van der Waals surface area contributed by atoms with Crippen LogP contribution in [-0.4, -0.2) is 36.4 Å². The average molecular weight is 347 g/mol. The van der Waals surface area contributed by atoms with Gasteiger partial charge in [-0.3, -0.25) is 9.59 Å². The van der Waals surface area contributed by atoms with Gasteiger partial charge in [0.15, 0.2) is 5.13 Å². The minimum absolute atomic E-state index is 0.102. The summed E-state index contributed by atoms with van der Waals surface area (Å²) in [4.78, 5) is 39.4. The topological polar surface area (TPSA) is 97.4 Å². The van der Waals surface area contributed by atoms with Gasteiger partial charge in [-0.05, 0) is 18.6 Å². The van der Waals surface area contributed by atoms with Gasteiger partial charge < -0.3 is 15.4 Å². The number of esters is 1. The normalized spacial score (nSPS) is 10.1. The second kappa shape index (κ2) is 8.21. The molecule has 0 radical (unpaired) electrons. The number of anilines is 1. The molecule has 7 nitrogen and oxygen atoms in total. The molecule has 126 valence electrons. The molecule has 0 bridgehead atoms. The monoisotopic (exact) mass is 347 g/mol. The van der Waals surface area contributed by atoms with Gasteiger partial charge in [-0.15, -0.1) is 0 Å². The summed E-state index contributed by atoms with van der Waals surface area (Å²) in [6.07, 6.45) is 1.44. The minimum atomic E-state index is -0.501. The van der Waals surface area contributed by atoms with Crippen LogP contribution in [0.2, 0.25) is 0 Å². The third-order valence-corrected chi connectivity index (χ3v) is 4.06. The fourth-order valence-electron chi connectivity index (χ4n) is 1.92. The van der Waals surface area contributed by atoms with Crippen molar-refractivity contribution in [3.8, 4) is 0 Å². The van der Waals surface area contributed by atoms with E-state index in [2.05, 4.69) is 20.4 Å². The van der Waals surface area contributed by atoms with E-state index in [9.17, 15) is 14.4 Å². The number of methoxy groups -OCH3 is 1. The lowest BCUT2D eigenvalue weighted by atomic mass is 10.1. The third kappa shape index (κ3) is 4.63. The number of hydrogen-bond acceptors (Lipinski definition) is 6. The van der Waals surface area contributed by atoms with Crippen molar-refractivity contribution >= 4 is 34.3 Å². The maximum absolute atomic E-state index is 12.0. The van der Waals surface area contributed by atoms with Crippen LogP contribution in [0.25, 0.3) is 0 Å². The molecule has 0 aliphatic rings. The zero-order valence-corrected chi connectivity index (χ0v) is 14.1. The molecule has 0 aliphatic heterocycles. The molecule has 1 heterocycles. The van der Waals surface area contributed by atoms with Gasteiger partial charge in [0.2, 0.25) is 5.91 Å². The van der Waals surface area contributed by atoms with Crippen LogP contribution < -0.4 is 10.6 Å². The van der Waals surface area contributed by atoms with E-state index in [1.54, 1.807) is 12.1 Å². The van der Waals surface area contributed by atoms with Crippen molar-refractivity contribution in [2.24, 2.45) is 0 Å². The van der Waals surface area contributed by atoms with Crippen LogP contribution in [0.3, 0.4) is 0 Å². The Balaban J connectivity index is 1.79. The molecule has 24 heavy (non-hydrogen) atoms. The van der Waals surface area contributed by atoms with Crippen molar-refractivity contribution in [3.05, 3.63) is 46.5 Å². The number of carbonyl (C=O) groups is 3. The number of rotatable bonds is 6. The number of ether oxygens (including phenoxy) is 1. The first-order valence-electron chi connectivity index (χ1n) is 7.19. The molecule has 0 fully saturated rings. The highest BCUT2D eigenvalue weighted by Crippen LogP contribution is 2.18. The number of hydrogen-bond donors (Lipinski definition) is 2. The minimum Gasteiger partial charge on any atom is -0.465 e. The number of aryl methyl sites for hydroxylation is 1. The van der Waals surface area contributed by atoms with Crippen molar-refractivity contribution in [3.63, 3.8) is 0 Å². The molecule has 1 aromatic heterocycles. The Labute approximate surface area is 143 Å². The highest BCUT2D eigenvalue weighted by atomic mass is 32.1. The Morgan fingerprint density at radius 2 is 2.00 bits per heavy atom. The van der Waals surface area contributed by atoms with Crippen LogP contribution in [0.4, 0.5) is 5.13 Å². The molecule has 0 atom stereocenters. The third-order valence-electron chi connectivity index (χ3n) is 3.17. The largest absolute Gasteiger partial charge is 0.465 e. The summed E-state index contributed by atoms with van der Waals surface area (Å²) >= 11 is 1.03. The van der Waals surface area contributed by atoms with Gasteiger partial charge in [0.05, 0.1) is 13.3 Å². The SMILES string of the molecule is COC(=O)c1cnc(NC(=O)CCNC(=O)c2ccccc2C)s1. The van der Waals surface area contributed by atoms with E-state index in [1.807, 2.05) is 19.1 Å². The zero-order valence-electron chi connectivity index (χ0n) is 13.3. The zero-order chi connectivity index (χ0) is 17.5. The molecule has 2 aromatic rings. The first-order valence-corrected chi connectivity index (χ1v) is 8.00. The highest BCUT2D eigenvalue weighted by molar-refractivity contribution is 7.17. The Morgan fingerprint density at radius 1 is 1.25 bits per heavy atom. The standard InChI is InChI=1S/C16H17N3O4S/c1-10-5-3-4-6-11(10)14(21)17-8-7-13(20)19-16-18-9-12(24-16)15(22)23-2/h3-6,9H,7-8H2,1-2H3,(H,17,21)(H,18,19,20). The molecule has 0 spiro atoms. The number of amides is 2. The second-order valence-electron chi connectivity index (χ2n) is 4.89. The predicted molar refractivity (Wildman–Crippen MR) is 90.2 cm³/mol. The molecule has 0 aliphatic carbocycles. The Bertz CT molecular complexity index is 757. The van der Waals surface area contributed by atoms with E-state index in [0.29, 0.717) is 15.6 Å². The van der Waals surface area contributed by atoms with Crippen LogP contribution in [0.15, 0.2) is 30.5 Å². The lowest BCUT2D eigenvalue weighted by Crippen LogP contribution is -2.28. The molecule has 2 rings (SSSR count). The lowest BCUT2D eigenvalue weighted by Gasteiger charge is -2.07. The van der Waals surface area contributed by atoms with E-state index >= 15 is 0 Å². The summed E-state index contributed by atoms with van der Waals surface area (Å²) in [5.41, 5.74) is 1.46. The Hall–Kier alpha value is -2.74. The maximum atomic E-state index is 12.0. The van der Waals surface area contributed by atoms with Gasteiger partial charge in [-0.2, -0.15) is 0 Å². The van der Waals surface area contributed by atoms with Gasteiger partial charge in [-0.1, -0.05) is 29.5 Å². The summed E-state index contributed by atoms with van der Waals surface area (Å²) in [5, 5.41) is 5.58. The van der Waals surface area contributed by atoms with Gasteiger partial charge in [0.1, 0.15) is 4.88 Å². The first-order chi connectivity index (χ1) is 11.5. The van der Waals surface area contributed by atoms with Crippen LogP contribution >= 0.6 is 11.3 Å². The highest BCUT2D eigenvalue weighted by Gasteiger charge is 2.13. The smallest absolute Gasteiger partial charge is 0.349 e. The van der Waals surface area contributed by atoms with E-state index in [4.69, 9.17) is 0 Å². The van der Waals surface area contributed by atoms with Crippen molar-refractivity contribution < 1.29 is 19.1 Å². The predicted octanol–water partition coefficient (Wildman–Crippen LogP) is 2.00. The van der Waals surface area contributed by atoms with Crippen molar-refractivity contribution in [2.75, 3.05) is 19.0 Å². The van der Waals surface area contributed by atoms with E-state index in [0.717, 1.165) is 16.9 Å². The van der Waals surface area contributed by atoms with Gasteiger partial charge >= 0.3 is 5.97 Å². The van der Waals surface area contributed by atoms with E-state index in [1.165, 1.54) is 13.3 Å². The summed E-state index contributed by atoms with van der Waals surface area (Å²) in [6.45, 7) is 2.05. The van der Waals surface area contributed by atoms with E-state index < -0.39 is 5.97 Å². The lowest BCUT2D eigenvalue weighted by molar-refractivity contribution is -0.116. The number of aromatic nitrogens is 1. The van der Waals surface area contributed by atoms with Gasteiger partial charge in [0, 0.05) is 18.5 Å². The first kappa shape index (κ1) is 17.6. The molecular weight excluding hydrogens is 330 g/mol. The summed E-state index contributed by atoms with van der Waals surface area (Å²) < 4.78 is 4.57. The number of benzene rings is 1. The van der Waals surface area contributed by atoms with Crippen LogP contribution in [-0.2, 0) is 9.53 Å². The van der Waals surface area contributed by atoms with Gasteiger partial charge in [0.25, 0.3) is 5.91 Å². The molecule has 0 unspecified atom stereocenters. The molecule has 8 heteroatoms. The molecule has 2 amide bonds. The molecule has 0 saturated heterocycles. The fourth-order valence-corrected chi connectivity index (χ4v) is 2.67. The second-order valence-corrected chi connectivity index (χ2v) is 5.92. The van der Waals surface area contributed by atoms with Crippen molar-refractivity contribution in [1.82, 2.24) is 10.3 Å². The number of nitrogens with one attached hydrogen (secondary N) is 2. The van der Waals surface area contributed by atoms with E-state index in [-0.39, 0.29) is 24.8 Å². The maximum Gasteiger partial charge on any atom is 0.349 e. The Kier molecular flexibility index (Phi) is 6.02. The molecule has 0 saturated carbocycles. The average Bonchev–Trinajstić information content (AvgIpc) is 3.02. The summed E-state index contributed by atoms with van der Waals surface area (Å²) in [5.74, 6) is -1.02. The number of carbonyl (C=O) groups excluding carboxylic acids is 3. The number of nitrogens with zero attached hydrogens (tertiary/aromatic N) is 1. The van der Waals surface area contributed by atoms with Crippen LogP contribution in [0.5, 0.6) is 0 Å². The fraction of sp³-hybridized carbons (Fsp3) is 0.250. The van der Waals surface area contributed by atoms with Crippen LogP contribution in [0.1, 0.15) is 32.0 Å². The Morgan fingerprint density at radius 3 is 2.71 bits per heavy atom. The molecule has 2 N–H and O–H groups in total. The van der Waals surface area contributed by atoms with Crippen molar-refractivity contribution in [1.29, 1.82) is 0 Å². The van der Waals surface area contributed by atoms with Crippen molar-refractivity contribution in [2.45, 2.75) is 13.3 Å². The summed E-state index contributed by atoms with van der Waals surface area (Å²) in [6, 6.07) is 7.23. The van der Waals surface area contributed by atoms with Crippen LogP contribution in [0, 0.1) is 6.92 Å². The molecule has 1 aromatic carbocycles. The van der Waals surface area contributed by atoms with Gasteiger partial charge in [-0.25, -0.2) is 9.78 Å². The number of thiazole rings is 1. The summed E-state index contributed by atoms with van der Waals surface area (Å²) in [7, 11) is 1.28. The molecular formula is C16H17N3O4S. The quantitative estimate of drug-likeness (QED) is 0.779.